The first-order valence-corrected chi connectivity index (χ1v) is 11.4. The predicted molar refractivity (Wildman–Crippen MR) is 128 cm³/mol. The maximum absolute atomic E-state index is 12.7. The third-order valence-electron chi connectivity index (χ3n) is 7.03. The molecule has 1 N–H and O–H groups in total. The molecule has 1 aromatic heterocycles. The first-order valence-electron chi connectivity index (χ1n) is 11.4. The van der Waals surface area contributed by atoms with E-state index in [9.17, 15) is 9.59 Å². The van der Waals surface area contributed by atoms with Crippen molar-refractivity contribution in [3.8, 4) is 23.0 Å². The zero-order valence-electron chi connectivity index (χ0n) is 19.6. The number of aromatic nitrogens is 2. The SMILES string of the molecule is COc1cc2c(=O)[nH]c(=O)n(CCN3CC[C@@H]4c5c(OC)cccc5OC[C@H]4C3)c2cc1OC. The fourth-order valence-corrected chi connectivity index (χ4v) is 5.33. The van der Waals surface area contributed by atoms with Crippen LogP contribution in [0.15, 0.2) is 39.9 Å². The molecule has 2 aliphatic heterocycles. The lowest BCUT2D eigenvalue weighted by atomic mass is 9.78. The van der Waals surface area contributed by atoms with Gasteiger partial charge in [-0.3, -0.25) is 14.3 Å². The minimum Gasteiger partial charge on any atom is -0.496 e. The Labute approximate surface area is 196 Å². The highest BCUT2D eigenvalue weighted by Gasteiger charge is 2.37. The second kappa shape index (κ2) is 9.06. The number of benzene rings is 2. The molecule has 0 saturated carbocycles. The maximum atomic E-state index is 12.7. The van der Waals surface area contributed by atoms with Crippen LogP contribution in [0.1, 0.15) is 17.9 Å². The van der Waals surface area contributed by atoms with Crippen molar-refractivity contribution in [1.82, 2.24) is 14.5 Å². The van der Waals surface area contributed by atoms with E-state index in [1.165, 1.54) is 19.8 Å². The Morgan fingerprint density at radius 1 is 1.03 bits per heavy atom. The van der Waals surface area contributed by atoms with Crippen molar-refractivity contribution in [2.45, 2.75) is 18.9 Å². The Morgan fingerprint density at radius 2 is 1.79 bits per heavy atom. The lowest BCUT2D eigenvalue weighted by Crippen LogP contribution is -2.45. The normalized spacial score (nSPS) is 19.7. The van der Waals surface area contributed by atoms with Crippen LogP contribution in [0.3, 0.4) is 0 Å². The first-order chi connectivity index (χ1) is 16.5. The van der Waals surface area contributed by atoms with Crippen molar-refractivity contribution < 1.29 is 18.9 Å². The molecule has 0 amide bonds. The lowest BCUT2D eigenvalue weighted by molar-refractivity contribution is 0.0893. The van der Waals surface area contributed by atoms with Crippen molar-refractivity contribution in [3.63, 3.8) is 0 Å². The number of rotatable bonds is 6. The average molecular weight is 468 g/mol. The monoisotopic (exact) mass is 467 g/mol. The number of fused-ring (bicyclic) bond motifs is 4. The highest BCUT2D eigenvalue weighted by Crippen LogP contribution is 2.46. The number of hydrogen-bond donors (Lipinski definition) is 1. The third-order valence-corrected chi connectivity index (χ3v) is 7.03. The van der Waals surface area contributed by atoms with Gasteiger partial charge in [-0.1, -0.05) is 6.07 Å². The summed E-state index contributed by atoms with van der Waals surface area (Å²) >= 11 is 0. The largest absolute Gasteiger partial charge is 0.496 e. The number of piperidine rings is 1. The number of aromatic amines is 1. The third kappa shape index (κ3) is 3.79. The van der Waals surface area contributed by atoms with Crippen molar-refractivity contribution in [1.29, 1.82) is 0 Å². The molecule has 2 aliphatic rings. The van der Waals surface area contributed by atoms with E-state index in [1.54, 1.807) is 23.8 Å². The number of ether oxygens (including phenoxy) is 4. The Bertz CT molecular complexity index is 1320. The summed E-state index contributed by atoms with van der Waals surface area (Å²) < 4.78 is 24.0. The van der Waals surface area contributed by atoms with Gasteiger partial charge in [0.1, 0.15) is 11.5 Å². The lowest BCUT2D eigenvalue weighted by Gasteiger charge is -2.42. The molecule has 1 saturated heterocycles. The Kier molecular flexibility index (Phi) is 5.95. The summed E-state index contributed by atoms with van der Waals surface area (Å²) in [6.45, 7) is 3.57. The van der Waals surface area contributed by atoms with E-state index in [0.29, 0.717) is 53.9 Å². The molecule has 3 heterocycles. The molecule has 180 valence electrons. The van der Waals surface area contributed by atoms with Gasteiger partial charge in [0, 0.05) is 37.2 Å². The van der Waals surface area contributed by atoms with Gasteiger partial charge in [0.05, 0.1) is 38.8 Å². The van der Waals surface area contributed by atoms with Crippen LogP contribution in [-0.2, 0) is 6.54 Å². The van der Waals surface area contributed by atoms with Crippen LogP contribution in [-0.4, -0.2) is 62.0 Å². The van der Waals surface area contributed by atoms with Crippen molar-refractivity contribution >= 4 is 10.9 Å². The number of H-pyrrole nitrogens is 1. The number of hydrogen-bond acceptors (Lipinski definition) is 7. The van der Waals surface area contributed by atoms with Gasteiger partial charge in [-0.25, -0.2) is 4.79 Å². The average Bonchev–Trinajstić information content (AvgIpc) is 2.87. The summed E-state index contributed by atoms with van der Waals surface area (Å²) in [6, 6.07) is 9.27. The van der Waals surface area contributed by atoms with Crippen LogP contribution < -0.4 is 30.2 Å². The molecular formula is C25H29N3O6. The Hall–Kier alpha value is -3.46. The molecular weight excluding hydrogens is 438 g/mol. The van der Waals surface area contributed by atoms with E-state index >= 15 is 0 Å². The molecule has 0 unspecified atom stereocenters. The van der Waals surface area contributed by atoms with E-state index in [0.717, 1.165) is 31.0 Å². The summed E-state index contributed by atoms with van der Waals surface area (Å²) in [4.78, 5) is 29.9. The highest BCUT2D eigenvalue weighted by molar-refractivity contribution is 5.82. The molecule has 5 rings (SSSR count). The van der Waals surface area contributed by atoms with E-state index in [1.807, 2.05) is 18.2 Å². The van der Waals surface area contributed by atoms with E-state index in [4.69, 9.17) is 18.9 Å². The topological polar surface area (TPSA) is 95.0 Å². The van der Waals surface area contributed by atoms with Crippen molar-refractivity contribution in [3.05, 3.63) is 56.7 Å². The molecule has 2 aromatic carbocycles. The summed E-state index contributed by atoms with van der Waals surface area (Å²) in [5.74, 6) is 3.47. The second-order valence-corrected chi connectivity index (χ2v) is 8.77. The smallest absolute Gasteiger partial charge is 0.328 e. The van der Waals surface area contributed by atoms with Gasteiger partial charge < -0.3 is 23.8 Å². The van der Waals surface area contributed by atoms with E-state index in [2.05, 4.69) is 9.88 Å². The van der Waals surface area contributed by atoms with Gasteiger partial charge in [-0.05, 0) is 37.1 Å². The quantitative estimate of drug-likeness (QED) is 0.594. The Morgan fingerprint density at radius 3 is 2.56 bits per heavy atom. The van der Waals surface area contributed by atoms with Crippen LogP contribution in [0.25, 0.3) is 10.9 Å². The van der Waals surface area contributed by atoms with E-state index in [-0.39, 0.29) is 0 Å². The molecule has 9 nitrogen and oxygen atoms in total. The molecule has 2 atom stereocenters. The van der Waals surface area contributed by atoms with Crippen LogP contribution in [0.5, 0.6) is 23.0 Å². The molecule has 1 fully saturated rings. The number of nitrogens with zero attached hydrogens (tertiary/aromatic N) is 2. The van der Waals surface area contributed by atoms with Gasteiger partial charge in [0.25, 0.3) is 5.56 Å². The van der Waals surface area contributed by atoms with Gasteiger partial charge in [-0.15, -0.1) is 0 Å². The van der Waals surface area contributed by atoms with Gasteiger partial charge in [0.15, 0.2) is 11.5 Å². The first kappa shape index (κ1) is 22.3. The Balaban J connectivity index is 1.37. The predicted octanol–water partition coefficient (Wildman–Crippen LogP) is 2.21. The van der Waals surface area contributed by atoms with Gasteiger partial charge in [0.2, 0.25) is 0 Å². The molecule has 0 bridgehead atoms. The van der Waals surface area contributed by atoms with Crippen LogP contribution in [0, 0.1) is 5.92 Å². The van der Waals surface area contributed by atoms with Crippen LogP contribution in [0.2, 0.25) is 0 Å². The summed E-state index contributed by atoms with van der Waals surface area (Å²) in [7, 11) is 4.74. The fourth-order valence-electron chi connectivity index (χ4n) is 5.33. The summed E-state index contributed by atoms with van der Waals surface area (Å²) in [5.41, 5.74) is 0.829. The van der Waals surface area contributed by atoms with Gasteiger partial charge >= 0.3 is 5.69 Å². The van der Waals surface area contributed by atoms with Crippen molar-refractivity contribution in [2.24, 2.45) is 5.92 Å². The number of nitrogens with one attached hydrogen (secondary N) is 1. The highest BCUT2D eigenvalue weighted by atomic mass is 16.5. The summed E-state index contributed by atoms with van der Waals surface area (Å²) in [6.07, 6.45) is 0.994. The summed E-state index contributed by atoms with van der Waals surface area (Å²) in [5, 5.41) is 0.389. The molecule has 0 radical (unpaired) electrons. The minimum absolute atomic E-state index is 0.353. The maximum Gasteiger partial charge on any atom is 0.328 e. The molecule has 0 spiro atoms. The fraction of sp³-hybridized carbons (Fsp3) is 0.440. The standard InChI is InChI=1S/C25H29N3O6/c1-31-19-5-4-6-20-23(19)16-7-8-27(13-15(16)14-34-20)9-10-28-18-12-22(33-3)21(32-2)11-17(18)24(29)26-25(28)30/h4-6,11-12,15-16H,7-10,13-14H2,1-3H3,(H,26,29,30)/t15-,16+/m1/s1. The zero-order valence-corrected chi connectivity index (χ0v) is 19.6. The van der Waals surface area contributed by atoms with Gasteiger partial charge in [-0.2, -0.15) is 0 Å². The molecule has 9 heteroatoms. The number of methoxy groups -OCH3 is 3. The minimum atomic E-state index is -0.440. The molecule has 0 aliphatic carbocycles. The van der Waals surface area contributed by atoms with Crippen LogP contribution >= 0.6 is 0 Å². The van der Waals surface area contributed by atoms with Crippen molar-refractivity contribution in [2.75, 3.05) is 47.6 Å². The molecule has 3 aromatic rings. The second-order valence-electron chi connectivity index (χ2n) is 8.77. The molecule has 34 heavy (non-hydrogen) atoms. The van der Waals surface area contributed by atoms with E-state index < -0.39 is 11.2 Å². The van der Waals surface area contributed by atoms with Crippen LogP contribution in [0.4, 0.5) is 0 Å². The number of likely N-dealkylation sites (tertiary alicyclic amines) is 1. The zero-order chi connectivity index (χ0) is 23.8.